The molecule has 0 radical (unpaired) electrons. The molecule has 0 N–H and O–H groups in total. The molecule has 0 aliphatic carbocycles. The number of carbonyl (C=O) groups is 1. The molecule has 2 rings (SSSR count). The van der Waals surface area contributed by atoms with Gasteiger partial charge in [-0.15, -0.1) is 0 Å². The Bertz CT molecular complexity index is 707. The molecule has 2 aromatic carbocycles. The molecule has 0 aromatic heterocycles. The van der Waals surface area contributed by atoms with Crippen LogP contribution < -0.4 is 18.9 Å². The van der Waals surface area contributed by atoms with Crippen molar-refractivity contribution in [2.45, 2.75) is 6.92 Å². The fraction of sp³-hybridized carbons (Fsp3) is 0.211. The molecule has 0 heterocycles. The minimum absolute atomic E-state index is 0.337. The standard InChI is InChI=1S/C19H20O5/c1-13(20)24-16-9-7-14(8-10-16)5-6-15-11-17(21-2)19(23-4)18(12-15)22-3/h5-12H,1-4H3/b6-5+. The number of rotatable bonds is 6. The average molecular weight is 328 g/mol. The second-order valence-electron chi connectivity index (χ2n) is 4.95. The van der Waals surface area contributed by atoms with Crippen molar-refractivity contribution in [1.82, 2.24) is 0 Å². The molecule has 0 unspecified atom stereocenters. The van der Waals surface area contributed by atoms with Crippen LogP contribution in [0.5, 0.6) is 23.0 Å². The van der Waals surface area contributed by atoms with E-state index in [9.17, 15) is 4.79 Å². The van der Waals surface area contributed by atoms with Gasteiger partial charge in [-0.1, -0.05) is 24.3 Å². The quantitative estimate of drug-likeness (QED) is 0.458. The highest BCUT2D eigenvalue weighted by Gasteiger charge is 2.11. The van der Waals surface area contributed by atoms with Crippen molar-refractivity contribution in [2.75, 3.05) is 21.3 Å². The zero-order chi connectivity index (χ0) is 17.5. The summed E-state index contributed by atoms with van der Waals surface area (Å²) in [5.74, 6) is 1.94. The molecule has 0 bridgehead atoms. The first-order valence-electron chi connectivity index (χ1n) is 7.34. The molecule has 0 amide bonds. The monoisotopic (exact) mass is 328 g/mol. The maximum Gasteiger partial charge on any atom is 0.308 e. The molecule has 2 aromatic rings. The van der Waals surface area contributed by atoms with Gasteiger partial charge in [0.1, 0.15) is 5.75 Å². The van der Waals surface area contributed by atoms with Gasteiger partial charge in [-0.05, 0) is 35.4 Å². The molecule has 0 saturated heterocycles. The Morgan fingerprint density at radius 2 is 1.38 bits per heavy atom. The van der Waals surface area contributed by atoms with Crippen LogP contribution in [0.25, 0.3) is 12.2 Å². The number of hydrogen-bond acceptors (Lipinski definition) is 5. The van der Waals surface area contributed by atoms with Crippen molar-refractivity contribution in [3.63, 3.8) is 0 Å². The fourth-order valence-corrected chi connectivity index (χ4v) is 2.20. The van der Waals surface area contributed by atoms with Gasteiger partial charge in [0.05, 0.1) is 21.3 Å². The van der Waals surface area contributed by atoms with E-state index < -0.39 is 0 Å². The molecule has 5 heteroatoms. The normalized spacial score (nSPS) is 10.5. The number of esters is 1. The first kappa shape index (κ1) is 17.4. The van der Waals surface area contributed by atoms with Crippen LogP contribution in [0.1, 0.15) is 18.1 Å². The zero-order valence-electron chi connectivity index (χ0n) is 14.2. The number of benzene rings is 2. The molecule has 0 aliphatic rings. The van der Waals surface area contributed by atoms with Gasteiger partial charge >= 0.3 is 5.97 Å². The Balaban J connectivity index is 2.23. The van der Waals surface area contributed by atoms with E-state index in [4.69, 9.17) is 18.9 Å². The second-order valence-corrected chi connectivity index (χ2v) is 4.95. The van der Waals surface area contributed by atoms with E-state index in [2.05, 4.69) is 0 Å². The Kier molecular flexibility index (Phi) is 5.84. The molecule has 5 nitrogen and oxygen atoms in total. The third kappa shape index (κ3) is 4.29. The molecule has 0 aliphatic heterocycles. The Morgan fingerprint density at radius 3 is 1.83 bits per heavy atom. The third-order valence-electron chi connectivity index (χ3n) is 3.30. The van der Waals surface area contributed by atoms with Gasteiger partial charge in [0.25, 0.3) is 0 Å². The fourth-order valence-electron chi connectivity index (χ4n) is 2.20. The Hall–Kier alpha value is -2.95. The average Bonchev–Trinajstić information content (AvgIpc) is 2.59. The van der Waals surface area contributed by atoms with Gasteiger partial charge in [0, 0.05) is 6.92 Å². The highest BCUT2D eigenvalue weighted by Crippen LogP contribution is 2.38. The molecule has 0 atom stereocenters. The van der Waals surface area contributed by atoms with Gasteiger partial charge in [0.15, 0.2) is 11.5 Å². The summed E-state index contributed by atoms with van der Waals surface area (Å²) < 4.78 is 21.0. The van der Waals surface area contributed by atoms with Crippen LogP contribution in [0.3, 0.4) is 0 Å². The van der Waals surface area contributed by atoms with Crippen molar-refractivity contribution in [2.24, 2.45) is 0 Å². The summed E-state index contributed by atoms with van der Waals surface area (Å²) >= 11 is 0. The van der Waals surface area contributed by atoms with Crippen LogP contribution in [0, 0.1) is 0 Å². The summed E-state index contributed by atoms with van der Waals surface area (Å²) in [5, 5.41) is 0. The maximum absolute atomic E-state index is 10.9. The van der Waals surface area contributed by atoms with Gasteiger partial charge < -0.3 is 18.9 Å². The molecule has 0 spiro atoms. The van der Waals surface area contributed by atoms with Crippen molar-refractivity contribution in [3.05, 3.63) is 47.5 Å². The van der Waals surface area contributed by atoms with Crippen LogP contribution in [-0.4, -0.2) is 27.3 Å². The van der Waals surface area contributed by atoms with E-state index in [1.54, 1.807) is 33.5 Å². The van der Waals surface area contributed by atoms with E-state index >= 15 is 0 Å². The lowest BCUT2D eigenvalue weighted by molar-refractivity contribution is -0.131. The van der Waals surface area contributed by atoms with Gasteiger partial charge in [-0.3, -0.25) is 4.79 Å². The molecule has 0 fully saturated rings. The predicted molar refractivity (Wildman–Crippen MR) is 92.8 cm³/mol. The number of carbonyl (C=O) groups excluding carboxylic acids is 1. The lowest BCUT2D eigenvalue weighted by Gasteiger charge is -2.12. The van der Waals surface area contributed by atoms with Crippen molar-refractivity contribution < 1.29 is 23.7 Å². The molecule has 0 saturated carbocycles. The number of methoxy groups -OCH3 is 3. The summed E-state index contributed by atoms with van der Waals surface area (Å²) in [4.78, 5) is 10.9. The van der Waals surface area contributed by atoms with E-state index in [-0.39, 0.29) is 5.97 Å². The smallest absolute Gasteiger partial charge is 0.308 e. The van der Waals surface area contributed by atoms with Crippen molar-refractivity contribution in [3.8, 4) is 23.0 Å². The van der Waals surface area contributed by atoms with E-state index in [1.807, 2.05) is 36.4 Å². The van der Waals surface area contributed by atoms with Crippen molar-refractivity contribution in [1.29, 1.82) is 0 Å². The maximum atomic E-state index is 10.9. The lowest BCUT2D eigenvalue weighted by Crippen LogP contribution is -2.00. The zero-order valence-corrected chi connectivity index (χ0v) is 14.2. The molecular weight excluding hydrogens is 308 g/mol. The predicted octanol–water partition coefficient (Wildman–Crippen LogP) is 3.81. The summed E-state index contributed by atoms with van der Waals surface area (Å²) in [5.41, 5.74) is 1.88. The lowest BCUT2D eigenvalue weighted by atomic mass is 10.1. The van der Waals surface area contributed by atoms with E-state index in [1.165, 1.54) is 6.92 Å². The minimum Gasteiger partial charge on any atom is -0.493 e. The van der Waals surface area contributed by atoms with Crippen molar-refractivity contribution >= 4 is 18.1 Å². The van der Waals surface area contributed by atoms with E-state index in [0.29, 0.717) is 23.0 Å². The van der Waals surface area contributed by atoms with E-state index in [0.717, 1.165) is 11.1 Å². The van der Waals surface area contributed by atoms with Crippen LogP contribution in [-0.2, 0) is 4.79 Å². The van der Waals surface area contributed by atoms with Crippen LogP contribution in [0.4, 0.5) is 0 Å². The van der Waals surface area contributed by atoms with Crippen LogP contribution in [0.2, 0.25) is 0 Å². The van der Waals surface area contributed by atoms with Crippen LogP contribution in [0.15, 0.2) is 36.4 Å². The van der Waals surface area contributed by atoms with Gasteiger partial charge in [-0.25, -0.2) is 0 Å². The largest absolute Gasteiger partial charge is 0.493 e. The number of hydrogen-bond donors (Lipinski definition) is 0. The summed E-state index contributed by atoms with van der Waals surface area (Å²) in [7, 11) is 4.73. The first-order chi connectivity index (χ1) is 11.6. The highest BCUT2D eigenvalue weighted by molar-refractivity contribution is 5.73. The topological polar surface area (TPSA) is 54.0 Å². The minimum atomic E-state index is -0.337. The third-order valence-corrected chi connectivity index (χ3v) is 3.30. The highest BCUT2D eigenvalue weighted by atomic mass is 16.5. The summed E-state index contributed by atoms with van der Waals surface area (Å²) in [6.07, 6.45) is 3.88. The van der Waals surface area contributed by atoms with Crippen LogP contribution >= 0.6 is 0 Å². The first-order valence-corrected chi connectivity index (χ1v) is 7.34. The second kappa shape index (κ2) is 8.06. The Labute approximate surface area is 141 Å². The number of ether oxygens (including phenoxy) is 4. The van der Waals surface area contributed by atoms with Gasteiger partial charge in [-0.2, -0.15) is 0 Å². The Morgan fingerprint density at radius 1 is 0.833 bits per heavy atom. The molecular formula is C19H20O5. The summed E-state index contributed by atoms with van der Waals surface area (Å²) in [6.45, 7) is 1.37. The van der Waals surface area contributed by atoms with Gasteiger partial charge in [0.2, 0.25) is 5.75 Å². The molecule has 24 heavy (non-hydrogen) atoms. The summed E-state index contributed by atoms with van der Waals surface area (Å²) in [6, 6.07) is 11.0. The molecule has 126 valence electrons. The SMILES string of the molecule is COc1cc(/C=C/c2ccc(OC(C)=O)cc2)cc(OC)c1OC.